The first-order valence-corrected chi connectivity index (χ1v) is 11.4. The predicted molar refractivity (Wildman–Crippen MR) is 132 cm³/mol. The Labute approximate surface area is 194 Å². The third-order valence-corrected chi connectivity index (χ3v) is 6.10. The highest BCUT2D eigenvalue weighted by molar-refractivity contribution is 7.99. The van der Waals surface area contributed by atoms with Gasteiger partial charge in [-0.15, -0.1) is 10.2 Å². The summed E-state index contributed by atoms with van der Waals surface area (Å²) >= 11 is 1.32. The van der Waals surface area contributed by atoms with Gasteiger partial charge in [0, 0.05) is 22.3 Å². The molecule has 0 fully saturated rings. The van der Waals surface area contributed by atoms with E-state index in [4.69, 9.17) is 0 Å². The molecule has 33 heavy (non-hydrogen) atoms. The average molecular weight is 453 g/mol. The molecule has 0 aliphatic carbocycles. The van der Waals surface area contributed by atoms with Crippen LogP contribution in [0.2, 0.25) is 0 Å². The number of nitrogens with one attached hydrogen (secondary N) is 1. The number of nitrogens with zero attached hydrogens (tertiary/aromatic N) is 3. The number of carbonyl (C=O) groups excluding carboxylic acids is 1. The van der Waals surface area contributed by atoms with E-state index >= 15 is 0 Å². The number of hydrogen-bond acceptors (Lipinski definition) is 5. The molecule has 6 nitrogen and oxygen atoms in total. The van der Waals surface area contributed by atoms with Crippen LogP contribution in [0.5, 0.6) is 5.75 Å². The molecule has 0 radical (unpaired) electrons. The third-order valence-electron chi connectivity index (χ3n) is 5.17. The minimum atomic E-state index is -0.120. The number of hydrogen-bond donors (Lipinski definition) is 2. The van der Waals surface area contributed by atoms with Gasteiger partial charge in [0.1, 0.15) is 5.75 Å². The maximum Gasteiger partial charge on any atom is 0.234 e. The second-order valence-corrected chi connectivity index (χ2v) is 8.33. The Morgan fingerprint density at radius 1 is 0.848 bits per heavy atom. The average Bonchev–Trinajstić information content (AvgIpc) is 3.28. The number of phenolic OH excluding ortho intramolecular Hbond substituents is 1. The fraction of sp³-hybridized carbons (Fsp3) is 0.0385. The predicted octanol–water partition coefficient (Wildman–Crippen LogP) is 5.52. The molecule has 0 saturated carbocycles. The molecule has 0 saturated heterocycles. The molecule has 4 aromatic carbocycles. The van der Waals surface area contributed by atoms with Crippen molar-refractivity contribution in [2.45, 2.75) is 5.16 Å². The van der Waals surface area contributed by atoms with Crippen molar-refractivity contribution in [1.29, 1.82) is 0 Å². The lowest BCUT2D eigenvalue weighted by Crippen LogP contribution is -2.14. The van der Waals surface area contributed by atoms with Crippen molar-refractivity contribution < 1.29 is 9.90 Å². The van der Waals surface area contributed by atoms with E-state index in [-0.39, 0.29) is 17.4 Å². The van der Waals surface area contributed by atoms with Gasteiger partial charge in [-0.3, -0.25) is 9.36 Å². The standard InChI is InChI=1S/C26H20N4O2S/c31-21-15-13-19(14-16-21)25-28-29-26(30(25)20-9-2-1-3-10-20)33-17-24(32)27-23-12-6-8-18-7-4-5-11-22(18)23/h1-16,31H,17H2,(H,27,32). The number of phenols is 1. The number of aromatic hydroxyl groups is 1. The van der Waals surface area contributed by atoms with Crippen LogP contribution in [0.15, 0.2) is 102 Å². The summed E-state index contributed by atoms with van der Waals surface area (Å²) in [6, 6.07) is 30.4. The second kappa shape index (κ2) is 9.18. The number of anilines is 1. The Hall–Kier alpha value is -4.10. The van der Waals surface area contributed by atoms with Crippen molar-refractivity contribution >= 4 is 34.1 Å². The highest BCUT2D eigenvalue weighted by Gasteiger charge is 2.17. The fourth-order valence-corrected chi connectivity index (χ4v) is 4.37. The molecule has 5 aromatic rings. The van der Waals surface area contributed by atoms with E-state index in [0.29, 0.717) is 11.0 Å². The van der Waals surface area contributed by atoms with Crippen molar-refractivity contribution in [3.05, 3.63) is 97.1 Å². The second-order valence-electron chi connectivity index (χ2n) is 7.39. The molecule has 5 rings (SSSR count). The Balaban J connectivity index is 1.40. The molecular formula is C26H20N4O2S. The summed E-state index contributed by atoms with van der Waals surface area (Å²) < 4.78 is 1.92. The zero-order valence-electron chi connectivity index (χ0n) is 17.6. The summed E-state index contributed by atoms with van der Waals surface area (Å²) in [4.78, 5) is 12.8. The van der Waals surface area contributed by atoms with Crippen molar-refractivity contribution in [3.8, 4) is 22.8 Å². The van der Waals surface area contributed by atoms with Gasteiger partial charge in [-0.25, -0.2) is 0 Å². The molecule has 1 amide bonds. The largest absolute Gasteiger partial charge is 0.508 e. The summed E-state index contributed by atoms with van der Waals surface area (Å²) in [5.41, 5.74) is 2.49. The van der Waals surface area contributed by atoms with E-state index in [1.807, 2.05) is 77.4 Å². The number of aromatic nitrogens is 3. The molecule has 0 atom stereocenters. The number of carbonyl (C=O) groups is 1. The first-order valence-electron chi connectivity index (χ1n) is 10.4. The van der Waals surface area contributed by atoms with Crippen LogP contribution in [0.25, 0.3) is 27.8 Å². The lowest BCUT2D eigenvalue weighted by Gasteiger charge is -2.11. The number of para-hydroxylation sites is 1. The van der Waals surface area contributed by atoms with Crippen molar-refractivity contribution in [3.63, 3.8) is 0 Å². The van der Waals surface area contributed by atoms with Gasteiger partial charge in [0.15, 0.2) is 11.0 Å². The molecule has 2 N–H and O–H groups in total. The summed E-state index contributed by atoms with van der Waals surface area (Å²) in [5, 5.41) is 24.1. The van der Waals surface area contributed by atoms with Gasteiger partial charge in [0.2, 0.25) is 5.91 Å². The molecule has 1 heterocycles. The number of benzene rings is 4. The number of rotatable bonds is 6. The minimum absolute atomic E-state index is 0.120. The quantitative estimate of drug-likeness (QED) is 0.332. The first-order chi connectivity index (χ1) is 16.2. The first kappa shape index (κ1) is 20.8. The van der Waals surface area contributed by atoms with E-state index in [2.05, 4.69) is 15.5 Å². The van der Waals surface area contributed by atoms with E-state index in [9.17, 15) is 9.90 Å². The number of amides is 1. The zero-order valence-corrected chi connectivity index (χ0v) is 18.4. The third kappa shape index (κ3) is 4.44. The fourth-order valence-electron chi connectivity index (χ4n) is 3.62. The van der Waals surface area contributed by atoms with Gasteiger partial charge >= 0.3 is 0 Å². The Morgan fingerprint density at radius 3 is 2.39 bits per heavy atom. The van der Waals surface area contributed by atoms with Crippen LogP contribution in [-0.4, -0.2) is 31.5 Å². The SMILES string of the molecule is O=C(CSc1nnc(-c2ccc(O)cc2)n1-c1ccccc1)Nc1cccc2ccccc12. The van der Waals surface area contributed by atoms with Gasteiger partial charge in [0.05, 0.1) is 5.75 Å². The Bertz CT molecular complexity index is 1410. The van der Waals surface area contributed by atoms with Gasteiger partial charge in [-0.2, -0.15) is 0 Å². The monoisotopic (exact) mass is 452 g/mol. The van der Waals surface area contributed by atoms with Crippen molar-refractivity contribution in [2.24, 2.45) is 0 Å². The molecular weight excluding hydrogens is 432 g/mol. The van der Waals surface area contributed by atoms with Crippen LogP contribution in [0.4, 0.5) is 5.69 Å². The van der Waals surface area contributed by atoms with Crippen LogP contribution in [0.1, 0.15) is 0 Å². The zero-order chi connectivity index (χ0) is 22.6. The molecule has 0 spiro atoms. The molecule has 0 unspecified atom stereocenters. The summed E-state index contributed by atoms with van der Waals surface area (Å²) in [5.74, 6) is 0.886. The summed E-state index contributed by atoms with van der Waals surface area (Å²) in [6.07, 6.45) is 0. The van der Waals surface area contributed by atoms with Crippen molar-refractivity contribution in [2.75, 3.05) is 11.1 Å². The van der Waals surface area contributed by atoms with Crippen LogP contribution < -0.4 is 5.32 Å². The normalized spacial score (nSPS) is 10.9. The van der Waals surface area contributed by atoms with Gasteiger partial charge in [-0.1, -0.05) is 66.4 Å². The lowest BCUT2D eigenvalue weighted by molar-refractivity contribution is -0.113. The molecule has 0 aliphatic rings. The highest BCUT2D eigenvalue weighted by atomic mass is 32.2. The van der Waals surface area contributed by atoms with Crippen LogP contribution in [-0.2, 0) is 4.79 Å². The maximum atomic E-state index is 12.8. The van der Waals surface area contributed by atoms with Gasteiger partial charge in [-0.05, 0) is 47.9 Å². The van der Waals surface area contributed by atoms with E-state index in [0.717, 1.165) is 27.7 Å². The smallest absolute Gasteiger partial charge is 0.234 e. The Kier molecular flexibility index (Phi) is 5.78. The highest BCUT2D eigenvalue weighted by Crippen LogP contribution is 2.29. The molecule has 0 bridgehead atoms. The molecule has 7 heteroatoms. The molecule has 0 aliphatic heterocycles. The number of thioether (sulfide) groups is 1. The Morgan fingerprint density at radius 2 is 1.58 bits per heavy atom. The molecule has 1 aromatic heterocycles. The van der Waals surface area contributed by atoms with E-state index in [1.165, 1.54) is 11.8 Å². The van der Waals surface area contributed by atoms with Gasteiger partial charge < -0.3 is 10.4 Å². The van der Waals surface area contributed by atoms with E-state index in [1.54, 1.807) is 24.3 Å². The number of fused-ring (bicyclic) bond motifs is 1. The van der Waals surface area contributed by atoms with Crippen LogP contribution in [0.3, 0.4) is 0 Å². The van der Waals surface area contributed by atoms with Crippen LogP contribution >= 0.6 is 11.8 Å². The summed E-state index contributed by atoms with van der Waals surface area (Å²) in [7, 11) is 0. The topological polar surface area (TPSA) is 80.0 Å². The maximum absolute atomic E-state index is 12.8. The molecule has 162 valence electrons. The van der Waals surface area contributed by atoms with Crippen molar-refractivity contribution in [1.82, 2.24) is 14.8 Å². The lowest BCUT2D eigenvalue weighted by atomic mass is 10.1. The van der Waals surface area contributed by atoms with Gasteiger partial charge in [0.25, 0.3) is 0 Å². The summed E-state index contributed by atoms with van der Waals surface area (Å²) in [6.45, 7) is 0. The minimum Gasteiger partial charge on any atom is -0.508 e. The van der Waals surface area contributed by atoms with Crippen LogP contribution in [0, 0.1) is 0 Å². The van der Waals surface area contributed by atoms with E-state index < -0.39 is 0 Å².